The van der Waals surface area contributed by atoms with Gasteiger partial charge in [0.2, 0.25) is 0 Å². The van der Waals surface area contributed by atoms with Crippen molar-refractivity contribution in [3.63, 3.8) is 0 Å². The van der Waals surface area contributed by atoms with Crippen LogP contribution < -0.4 is 10.2 Å². The molecule has 0 fully saturated rings. The minimum Gasteiger partial charge on any atom is -0.350 e. The van der Waals surface area contributed by atoms with Crippen LogP contribution in [0.3, 0.4) is 0 Å². The number of aryl methyl sites for hydroxylation is 1. The number of amides is 2. The van der Waals surface area contributed by atoms with Crippen molar-refractivity contribution in [2.45, 2.75) is 26.7 Å². The first-order valence-electron chi connectivity index (χ1n) is 10.2. The standard InChI is InChI=1S/C26H23ClN2O2/c1-16(2)18-8-12-21(13-9-18)28-24-23(19-6-4-17(3)5-7-19)25(30)29(26(24)31)22-14-10-20(27)11-15-22/h4-16,28H,1-3H3. The zero-order valence-electron chi connectivity index (χ0n) is 17.6. The van der Waals surface area contributed by atoms with Gasteiger partial charge in [-0.15, -0.1) is 0 Å². The van der Waals surface area contributed by atoms with Gasteiger partial charge in [-0.05, 0) is 60.4 Å². The Labute approximate surface area is 187 Å². The Morgan fingerprint density at radius 3 is 2.00 bits per heavy atom. The molecule has 1 aliphatic rings. The first-order chi connectivity index (χ1) is 14.8. The Balaban J connectivity index is 1.77. The van der Waals surface area contributed by atoms with E-state index >= 15 is 0 Å². The van der Waals surface area contributed by atoms with E-state index in [9.17, 15) is 9.59 Å². The van der Waals surface area contributed by atoms with Crippen LogP contribution >= 0.6 is 11.6 Å². The topological polar surface area (TPSA) is 49.4 Å². The molecule has 0 aromatic heterocycles. The number of benzene rings is 3. The summed E-state index contributed by atoms with van der Waals surface area (Å²) in [7, 11) is 0. The number of anilines is 2. The van der Waals surface area contributed by atoms with E-state index in [2.05, 4.69) is 19.2 Å². The van der Waals surface area contributed by atoms with Crippen LogP contribution in [0.2, 0.25) is 5.02 Å². The number of rotatable bonds is 5. The van der Waals surface area contributed by atoms with Crippen molar-refractivity contribution in [1.82, 2.24) is 0 Å². The van der Waals surface area contributed by atoms with Gasteiger partial charge in [0, 0.05) is 10.7 Å². The molecule has 4 rings (SSSR count). The summed E-state index contributed by atoms with van der Waals surface area (Å²) in [5, 5.41) is 3.74. The first kappa shape index (κ1) is 20.9. The predicted octanol–water partition coefficient (Wildman–Crippen LogP) is 6.17. The zero-order chi connectivity index (χ0) is 22.1. The molecule has 3 aromatic rings. The van der Waals surface area contributed by atoms with E-state index in [0.29, 0.717) is 27.8 Å². The number of carbonyl (C=O) groups excluding carboxylic acids is 2. The van der Waals surface area contributed by atoms with Crippen LogP contribution in [-0.2, 0) is 9.59 Å². The van der Waals surface area contributed by atoms with Gasteiger partial charge >= 0.3 is 0 Å². The summed E-state index contributed by atoms with van der Waals surface area (Å²) >= 11 is 5.99. The molecular weight excluding hydrogens is 408 g/mol. The Bertz CT molecular complexity index is 1160. The summed E-state index contributed by atoms with van der Waals surface area (Å²) in [5.41, 5.74) is 4.83. The fraction of sp³-hybridized carbons (Fsp3) is 0.154. The summed E-state index contributed by atoms with van der Waals surface area (Å²) in [5.74, 6) is -0.347. The molecule has 31 heavy (non-hydrogen) atoms. The number of hydrogen-bond donors (Lipinski definition) is 1. The van der Waals surface area contributed by atoms with Crippen molar-refractivity contribution in [2.24, 2.45) is 0 Å². The van der Waals surface area contributed by atoms with Crippen molar-refractivity contribution in [2.75, 3.05) is 10.2 Å². The molecule has 0 aliphatic carbocycles. The number of nitrogens with one attached hydrogen (secondary N) is 1. The lowest BCUT2D eigenvalue weighted by atomic mass is 10.0. The summed E-state index contributed by atoms with van der Waals surface area (Å²) in [6.07, 6.45) is 0. The van der Waals surface area contributed by atoms with Gasteiger partial charge in [0.1, 0.15) is 5.70 Å². The third-order valence-electron chi connectivity index (χ3n) is 5.36. The second kappa shape index (κ2) is 8.40. The van der Waals surface area contributed by atoms with E-state index in [1.54, 1.807) is 24.3 Å². The van der Waals surface area contributed by atoms with E-state index in [-0.39, 0.29) is 11.6 Å². The van der Waals surface area contributed by atoms with Gasteiger partial charge in [-0.3, -0.25) is 9.59 Å². The second-order valence-electron chi connectivity index (χ2n) is 7.94. The molecule has 0 radical (unpaired) electrons. The smallest absolute Gasteiger partial charge is 0.282 e. The highest BCUT2D eigenvalue weighted by Gasteiger charge is 2.40. The van der Waals surface area contributed by atoms with E-state index in [1.165, 1.54) is 10.5 Å². The fourth-order valence-electron chi connectivity index (χ4n) is 3.55. The van der Waals surface area contributed by atoms with Gasteiger partial charge in [-0.2, -0.15) is 0 Å². The van der Waals surface area contributed by atoms with Gasteiger partial charge in [0.05, 0.1) is 11.3 Å². The summed E-state index contributed by atoms with van der Waals surface area (Å²) in [6, 6.07) is 22.2. The normalized spacial score (nSPS) is 14.0. The quantitative estimate of drug-likeness (QED) is 0.492. The summed E-state index contributed by atoms with van der Waals surface area (Å²) in [6.45, 7) is 6.24. The molecule has 0 bridgehead atoms. The Hall–Kier alpha value is -3.37. The van der Waals surface area contributed by atoms with E-state index < -0.39 is 5.91 Å². The molecule has 156 valence electrons. The maximum Gasteiger partial charge on any atom is 0.282 e. The molecule has 0 atom stereocenters. The largest absolute Gasteiger partial charge is 0.350 e. The average Bonchev–Trinajstić information content (AvgIpc) is 2.99. The number of hydrogen-bond acceptors (Lipinski definition) is 3. The minimum absolute atomic E-state index is 0.265. The van der Waals surface area contributed by atoms with Gasteiger partial charge in [0.15, 0.2) is 0 Å². The molecule has 0 unspecified atom stereocenters. The highest BCUT2D eigenvalue weighted by molar-refractivity contribution is 6.46. The van der Waals surface area contributed by atoms with Gasteiger partial charge in [-0.25, -0.2) is 4.90 Å². The fourth-order valence-corrected chi connectivity index (χ4v) is 3.68. The number of nitrogens with zero attached hydrogens (tertiary/aromatic N) is 1. The monoisotopic (exact) mass is 430 g/mol. The third-order valence-corrected chi connectivity index (χ3v) is 5.61. The molecule has 4 nitrogen and oxygen atoms in total. The Morgan fingerprint density at radius 2 is 1.42 bits per heavy atom. The maximum absolute atomic E-state index is 13.4. The van der Waals surface area contributed by atoms with Crippen molar-refractivity contribution in [3.05, 3.63) is 100 Å². The molecular formula is C26H23ClN2O2. The van der Waals surface area contributed by atoms with E-state index in [0.717, 1.165) is 11.3 Å². The molecule has 1 N–H and O–H groups in total. The van der Waals surface area contributed by atoms with Crippen molar-refractivity contribution >= 4 is 40.4 Å². The lowest BCUT2D eigenvalue weighted by Gasteiger charge is -2.15. The van der Waals surface area contributed by atoms with Crippen LogP contribution in [0, 0.1) is 6.92 Å². The molecule has 1 aliphatic heterocycles. The van der Waals surface area contributed by atoms with Crippen molar-refractivity contribution in [1.29, 1.82) is 0 Å². The number of imide groups is 1. The highest BCUT2D eigenvalue weighted by Crippen LogP contribution is 2.34. The maximum atomic E-state index is 13.4. The van der Waals surface area contributed by atoms with E-state index in [4.69, 9.17) is 11.6 Å². The Morgan fingerprint density at radius 1 is 0.806 bits per heavy atom. The zero-order valence-corrected chi connectivity index (χ0v) is 18.4. The van der Waals surface area contributed by atoms with Gasteiger partial charge in [-0.1, -0.05) is 67.4 Å². The first-order valence-corrected chi connectivity index (χ1v) is 10.6. The van der Waals surface area contributed by atoms with Crippen LogP contribution in [0.5, 0.6) is 0 Å². The van der Waals surface area contributed by atoms with E-state index in [1.807, 2.05) is 55.5 Å². The number of carbonyl (C=O) groups is 2. The highest BCUT2D eigenvalue weighted by atomic mass is 35.5. The van der Waals surface area contributed by atoms with Crippen LogP contribution in [0.4, 0.5) is 11.4 Å². The Kier molecular flexibility index (Phi) is 5.66. The SMILES string of the molecule is Cc1ccc(C2=C(Nc3ccc(C(C)C)cc3)C(=O)N(c3ccc(Cl)cc3)C2=O)cc1. The second-order valence-corrected chi connectivity index (χ2v) is 8.38. The van der Waals surface area contributed by atoms with Gasteiger partial charge in [0.25, 0.3) is 11.8 Å². The molecule has 0 saturated heterocycles. The lowest BCUT2D eigenvalue weighted by Crippen LogP contribution is -2.32. The third kappa shape index (κ3) is 4.12. The van der Waals surface area contributed by atoms with Gasteiger partial charge < -0.3 is 5.32 Å². The van der Waals surface area contributed by atoms with Crippen LogP contribution in [0.25, 0.3) is 5.57 Å². The lowest BCUT2D eigenvalue weighted by molar-refractivity contribution is -0.120. The minimum atomic E-state index is -0.393. The molecule has 0 spiro atoms. The molecule has 1 heterocycles. The van der Waals surface area contributed by atoms with Crippen LogP contribution in [0.1, 0.15) is 36.5 Å². The van der Waals surface area contributed by atoms with Crippen LogP contribution in [-0.4, -0.2) is 11.8 Å². The summed E-state index contributed by atoms with van der Waals surface area (Å²) in [4.78, 5) is 28.0. The molecule has 3 aromatic carbocycles. The molecule has 5 heteroatoms. The van der Waals surface area contributed by atoms with Crippen LogP contribution in [0.15, 0.2) is 78.5 Å². The molecule has 2 amide bonds. The van der Waals surface area contributed by atoms with Crippen molar-refractivity contribution in [3.8, 4) is 0 Å². The average molecular weight is 431 g/mol. The molecule has 0 saturated carbocycles. The van der Waals surface area contributed by atoms with Crippen molar-refractivity contribution < 1.29 is 9.59 Å². The predicted molar refractivity (Wildman–Crippen MR) is 126 cm³/mol. The number of halogens is 1. The summed E-state index contributed by atoms with van der Waals surface area (Å²) < 4.78 is 0.